The van der Waals surface area contributed by atoms with Crippen molar-refractivity contribution in [2.45, 2.75) is 107 Å². The average molecular weight is 801 g/mol. The van der Waals surface area contributed by atoms with Crippen LogP contribution >= 0.6 is 12.4 Å². The molecule has 1 aliphatic carbocycles. The van der Waals surface area contributed by atoms with Crippen LogP contribution in [0.2, 0.25) is 0 Å². The molecule has 8 atom stereocenters. The number of ether oxygens (including phenoxy) is 2. The number of amidine groups is 1. The third kappa shape index (κ3) is 9.66. The number of sulfonamides is 1. The molecule has 19 heteroatoms. The zero-order valence-electron chi connectivity index (χ0n) is 30.8. The molecule has 2 amide bonds. The van der Waals surface area contributed by atoms with Gasteiger partial charge in [-0.3, -0.25) is 19.8 Å². The molecule has 1 unspecified atom stereocenters. The van der Waals surface area contributed by atoms with Gasteiger partial charge in [0.15, 0.2) is 12.0 Å². The summed E-state index contributed by atoms with van der Waals surface area (Å²) in [4.78, 5) is 43.5. The fraction of sp³-hybridized carbons (Fsp3) is 0.600. The van der Waals surface area contributed by atoms with Gasteiger partial charge in [-0.1, -0.05) is 18.2 Å². The monoisotopic (exact) mass is 800 g/mol. The van der Waals surface area contributed by atoms with Crippen LogP contribution in [-0.2, 0) is 29.1 Å². The highest BCUT2D eigenvalue weighted by atomic mass is 35.5. The van der Waals surface area contributed by atoms with Gasteiger partial charge in [0, 0.05) is 18.7 Å². The number of carbonyl (C=O) groups is 3. The number of allylic oxidation sites excluding steroid dienone is 2. The molecule has 3 aliphatic rings. The van der Waals surface area contributed by atoms with E-state index in [4.69, 9.17) is 26.4 Å². The van der Waals surface area contributed by atoms with Crippen LogP contribution in [0.1, 0.15) is 55.2 Å². The molecular weight excluding hydrogens is 748 g/mol. The second-order valence-corrected chi connectivity index (χ2v) is 15.6. The Bertz CT molecular complexity index is 1750. The van der Waals surface area contributed by atoms with E-state index in [1.165, 1.54) is 31.4 Å². The number of aryl methyl sites for hydroxylation is 1. The normalized spacial score (nSPS) is 26.9. The van der Waals surface area contributed by atoms with Crippen LogP contribution in [-0.4, -0.2) is 127 Å². The number of rotatable bonds is 14. The first-order valence-electron chi connectivity index (χ1n) is 17.5. The number of hydrogen-bond donors (Lipinski definition) is 9. The summed E-state index contributed by atoms with van der Waals surface area (Å²) in [6, 6.07) is -1.47. The lowest BCUT2D eigenvalue weighted by Gasteiger charge is -2.40. The number of aliphatic hydroxyl groups is 4. The summed E-state index contributed by atoms with van der Waals surface area (Å²) in [5, 5.41) is 50.8. The predicted octanol–water partition coefficient (Wildman–Crippen LogP) is -0.897. The molecule has 54 heavy (non-hydrogen) atoms. The number of nitrogens with two attached hydrogens (primary N) is 2. The fourth-order valence-electron chi connectivity index (χ4n) is 7.19. The molecule has 1 aromatic rings. The summed E-state index contributed by atoms with van der Waals surface area (Å²) in [6.45, 7) is 5.03. The number of ketones is 1. The number of nitrogens with one attached hydrogen (secondary N) is 3. The molecule has 4 rings (SSSR count). The molecule has 0 aromatic heterocycles. The summed E-state index contributed by atoms with van der Waals surface area (Å²) in [6.07, 6.45) is -2.72. The van der Waals surface area contributed by atoms with E-state index in [0.29, 0.717) is 41.1 Å². The highest BCUT2D eigenvalue weighted by Gasteiger charge is 2.47. The summed E-state index contributed by atoms with van der Waals surface area (Å²) in [5.41, 5.74) is 12.0. The minimum absolute atomic E-state index is 0. The number of piperidine rings is 1. The van der Waals surface area contributed by atoms with Crippen molar-refractivity contribution in [3.05, 3.63) is 46.6 Å². The zero-order chi connectivity index (χ0) is 39.4. The van der Waals surface area contributed by atoms with Crippen LogP contribution in [0, 0.1) is 31.6 Å². The van der Waals surface area contributed by atoms with Crippen LogP contribution in [0.15, 0.2) is 34.8 Å². The molecule has 2 fully saturated rings. The van der Waals surface area contributed by atoms with Crippen LogP contribution in [0.25, 0.3) is 0 Å². The molecule has 0 radical (unpaired) electrons. The van der Waals surface area contributed by atoms with Crippen molar-refractivity contribution in [2.24, 2.45) is 16.9 Å². The molecule has 1 aromatic carbocycles. The number of amides is 2. The largest absolute Gasteiger partial charge is 0.496 e. The van der Waals surface area contributed by atoms with Crippen molar-refractivity contribution in [1.82, 2.24) is 14.9 Å². The number of Topliss-reactive ketones (excluding diaryl/α,β-unsaturated/α-hetero) is 1. The molecule has 2 saturated heterocycles. The molecule has 0 bridgehead atoms. The van der Waals surface area contributed by atoms with Crippen LogP contribution in [0.4, 0.5) is 0 Å². The molecule has 11 N–H and O–H groups in total. The van der Waals surface area contributed by atoms with Gasteiger partial charge < -0.3 is 51.6 Å². The van der Waals surface area contributed by atoms with E-state index in [2.05, 4.69) is 10.0 Å². The summed E-state index contributed by atoms with van der Waals surface area (Å²) in [7, 11) is -3.13. The van der Waals surface area contributed by atoms with E-state index in [-0.39, 0.29) is 41.9 Å². The molecule has 0 spiro atoms. The van der Waals surface area contributed by atoms with Crippen molar-refractivity contribution >= 4 is 45.9 Å². The first kappa shape index (κ1) is 44.9. The van der Waals surface area contributed by atoms with Gasteiger partial charge in [-0.05, 0) is 75.6 Å². The Labute approximate surface area is 321 Å². The number of methoxy groups -OCH3 is 1. The number of hydrogen-bond acceptors (Lipinski definition) is 13. The Morgan fingerprint density at radius 3 is 2.30 bits per heavy atom. The van der Waals surface area contributed by atoms with Crippen molar-refractivity contribution in [3.63, 3.8) is 0 Å². The van der Waals surface area contributed by atoms with Crippen molar-refractivity contribution in [2.75, 3.05) is 26.8 Å². The van der Waals surface area contributed by atoms with Crippen molar-refractivity contribution < 1.29 is 52.7 Å². The third-order valence-corrected chi connectivity index (χ3v) is 12.1. The quantitative estimate of drug-likeness (QED) is 0.0816. The predicted molar refractivity (Wildman–Crippen MR) is 199 cm³/mol. The number of likely N-dealkylation sites (tertiary alicyclic amines) is 1. The van der Waals surface area contributed by atoms with E-state index in [0.717, 1.165) is 19.3 Å². The fourth-order valence-corrected chi connectivity index (χ4v) is 8.91. The van der Waals surface area contributed by atoms with Gasteiger partial charge in [-0.2, -0.15) is 0 Å². The van der Waals surface area contributed by atoms with E-state index in [9.17, 15) is 43.2 Å². The summed E-state index contributed by atoms with van der Waals surface area (Å²) >= 11 is 0. The maximum Gasteiger partial charge on any atom is 0.241 e. The Morgan fingerprint density at radius 1 is 1.09 bits per heavy atom. The minimum atomic E-state index is -4.58. The number of aliphatic hydroxyl groups excluding tert-OH is 4. The zero-order valence-corrected chi connectivity index (χ0v) is 32.4. The Kier molecular flexibility index (Phi) is 15.4. The first-order valence-corrected chi connectivity index (χ1v) is 18.9. The molecule has 302 valence electrons. The van der Waals surface area contributed by atoms with Crippen molar-refractivity contribution in [3.8, 4) is 5.75 Å². The standard InChI is InChI=1S/C35H52N6O11S.ClH/c1-18-14-24(51-4)19(2)20(3)30(18)53(49,50)40-23(15-26(43)39-33-29(46)28(45)27(44)25(17-42)52-33)31(47)35(10-8-21(9-11-35)32(37)38)16-22(36)34(48)41-12-6-5-7-13-41;/h8-10,14,22-23,25,27-29,33,40,42,44-46H,5-7,11-13,15-17,36H2,1-4H3,(H3,37,38)(H,39,43);1H/t22-,23+,25-,27-,28+,29-,33-,35?;/m1./s1. The lowest BCUT2D eigenvalue weighted by atomic mass is 9.69. The van der Waals surface area contributed by atoms with Gasteiger partial charge in [-0.25, -0.2) is 13.1 Å². The van der Waals surface area contributed by atoms with E-state index < -0.39 is 82.9 Å². The number of halogens is 1. The van der Waals surface area contributed by atoms with Crippen LogP contribution in [0.3, 0.4) is 0 Å². The number of nitrogens with zero attached hydrogens (tertiary/aromatic N) is 1. The SMILES string of the molecule is COc1cc(C)c(S(=O)(=O)N[C@@H](CC(=O)N[C@@H]2O[C@H](CO)[C@@H](O)[C@H](O)[C@H]2O)C(=O)C2(C[C@@H](N)C(=O)N3CCCCC3)C=CC(C(=N)N)=CC2)c(C)c1C.Cl. The van der Waals surface area contributed by atoms with Gasteiger partial charge >= 0.3 is 0 Å². The summed E-state index contributed by atoms with van der Waals surface area (Å²) < 4.78 is 41.7. The van der Waals surface area contributed by atoms with Gasteiger partial charge in [0.05, 0.1) is 42.5 Å². The second-order valence-electron chi connectivity index (χ2n) is 14.0. The lowest BCUT2D eigenvalue weighted by molar-refractivity contribution is -0.236. The molecular formula is C35H53ClN6O11S. The average Bonchev–Trinajstić information content (AvgIpc) is 3.12. The molecule has 17 nitrogen and oxygen atoms in total. The first-order chi connectivity index (χ1) is 24.9. The third-order valence-electron chi connectivity index (χ3n) is 10.3. The highest BCUT2D eigenvalue weighted by Crippen LogP contribution is 2.38. The maximum absolute atomic E-state index is 14.9. The topological polar surface area (TPSA) is 288 Å². The molecule has 2 aliphatic heterocycles. The second kappa shape index (κ2) is 18.4. The lowest BCUT2D eigenvalue weighted by Crippen LogP contribution is -2.63. The summed E-state index contributed by atoms with van der Waals surface area (Å²) in [5.74, 6) is -2.05. The maximum atomic E-state index is 14.9. The van der Waals surface area contributed by atoms with E-state index in [1.807, 2.05) is 0 Å². The molecule has 0 saturated carbocycles. The van der Waals surface area contributed by atoms with Gasteiger partial charge in [0.25, 0.3) is 0 Å². The highest BCUT2D eigenvalue weighted by molar-refractivity contribution is 7.89. The van der Waals surface area contributed by atoms with Crippen LogP contribution in [0.5, 0.6) is 5.75 Å². The molecule has 2 heterocycles. The number of carbonyl (C=O) groups excluding carboxylic acids is 3. The smallest absolute Gasteiger partial charge is 0.241 e. The van der Waals surface area contributed by atoms with Crippen molar-refractivity contribution in [1.29, 1.82) is 5.41 Å². The van der Waals surface area contributed by atoms with Crippen LogP contribution < -0.4 is 26.2 Å². The number of benzene rings is 1. The Morgan fingerprint density at radius 2 is 1.74 bits per heavy atom. The van der Waals surface area contributed by atoms with Gasteiger partial charge in [0.1, 0.15) is 36.0 Å². The van der Waals surface area contributed by atoms with Gasteiger partial charge in [0.2, 0.25) is 21.8 Å². The van der Waals surface area contributed by atoms with E-state index in [1.54, 1.807) is 25.7 Å². The Balaban J connectivity index is 0.00000784. The van der Waals surface area contributed by atoms with Gasteiger partial charge in [-0.15, -0.1) is 12.4 Å². The Hall–Kier alpha value is -3.46. The minimum Gasteiger partial charge on any atom is -0.496 e. The van der Waals surface area contributed by atoms with E-state index >= 15 is 0 Å².